The van der Waals surface area contributed by atoms with Gasteiger partial charge in [0.25, 0.3) is 0 Å². The summed E-state index contributed by atoms with van der Waals surface area (Å²) in [4.78, 5) is 17.1. The number of hydrogen-bond donors (Lipinski definition) is 1. The van der Waals surface area contributed by atoms with Crippen LogP contribution in [0, 0.1) is 0 Å². The Morgan fingerprint density at radius 3 is 2.16 bits per heavy atom. The monoisotopic (exact) mass is 442 g/mol. The van der Waals surface area contributed by atoms with Crippen LogP contribution in [0.5, 0.6) is 0 Å². The van der Waals surface area contributed by atoms with Gasteiger partial charge in [-0.25, -0.2) is 13.2 Å². The van der Waals surface area contributed by atoms with E-state index >= 15 is 0 Å². The van der Waals surface area contributed by atoms with Gasteiger partial charge in [0.2, 0.25) is 10.0 Å². The molecule has 2 amide bonds. The molecule has 2 heterocycles. The van der Waals surface area contributed by atoms with Gasteiger partial charge in [-0.05, 0) is 30.5 Å². The minimum atomic E-state index is -3.62. The molecule has 2 fully saturated rings. The smallest absolute Gasteiger partial charge is 0.321 e. The molecule has 7 nitrogen and oxygen atoms in total. The van der Waals surface area contributed by atoms with E-state index in [1.807, 2.05) is 18.2 Å². The van der Waals surface area contributed by atoms with E-state index in [1.54, 1.807) is 29.2 Å². The van der Waals surface area contributed by atoms with E-state index in [9.17, 15) is 13.2 Å². The van der Waals surface area contributed by atoms with Crippen LogP contribution in [-0.4, -0.2) is 67.8 Å². The number of hydrogen-bond acceptors (Lipinski definition) is 4. The minimum absolute atomic E-state index is 0.174. The van der Waals surface area contributed by atoms with Crippen LogP contribution >= 0.6 is 0 Å². The SMILES string of the molecule is O=C(Nc1ccccc1S(=O)(=O)N1CCCCC1)N1CCN(Cc2ccccc2)CC1. The van der Waals surface area contributed by atoms with Gasteiger partial charge in [-0.2, -0.15) is 4.31 Å². The van der Waals surface area contributed by atoms with Gasteiger partial charge in [-0.3, -0.25) is 4.90 Å². The molecule has 2 aliphatic heterocycles. The summed E-state index contributed by atoms with van der Waals surface area (Å²) in [5, 5.41) is 2.85. The number of benzene rings is 2. The third-order valence-corrected chi connectivity index (χ3v) is 7.93. The van der Waals surface area contributed by atoms with Gasteiger partial charge in [0, 0.05) is 45.8 Å². The predicted molar refractivity (Wildman–Crippen MR) is 121 cm³/mol. The van der Waals surface area contributed by atoms with Crippen LogP contribution in [0.2, 0.25) is 0 Å². The number of sulfonamides is 1. The Morgan fingerprint density at radius 1 is 0.806 bits per heavy atom. The van der Waals surface area contributed by atoms with Crippen molar-refractivity contribution in [2.75, 3.05) is 44.6 Å². The Balaban J connectivity index is 1.38. The summed E-state index contributed by atoms with van der Waals surface area (Å²) in [7, 11) is -3.62. The summed E-state index contributed by atoms with van der Waals surface area (Å²) in [6, 6.07) is 16.8. The molecule has 31 heavy (non-hydrogen) atoms. The first-order chi connectivity index (χ1) is 15.0. The van der Waals surface area contributed by atoms with Crippen molar-refractivity contribution in [3.05, 3.63) is 60.2 Å². The Bertz CT molecular complexity index is 983. The van der Waals surface area contributed by atoms with Gasteiger partial charge in [-0.1, -0.05) is 48.9 Å². The van der Waals surface area contributed by atoms with E-state index in [0.29, 0.717) is 31.9 Å². The molecule has 1 N–H and O–H groups in total. The zero-order chi connectivity index (χ0) is 21.7. The van der Waals surface area contributed by atoms with Crippen LogP contribution in [-0.2, 0) is 16.6 Å². The number of urea groups is 1. The number of rotatable bonds is 5. The van der Waals surface area contributed by atoms with Crippen molar-refractivity contribution in [2.24, 2.45) is 0 Å². The third-order valence-electron chi connectivity index (χ3n) is 5.97. The van der Waals surface area contributed by atoms with Crippen LogP contribution in [0.25, 0.3) is 0 Å². The van der Waals surface area contributed by atoms with Crippen molar-refractivity contribution in [3.8, 4) is 0 Å². The van der Waals surface area contributed by atoms with Gasteiger partial charge in [0.05, 0.1) is 5.69 Å². The van der Waals surface area contributed by atoms with E-state index in [0.717, 1.165) is 38.9 Å². The van der Waals surface area contributed by atoms with Crippen LogP contribution in [0.1, 0.15) is 24.8 Å². The number of carbonyl (C=O) groups excluding carboxylic acids is 1. The fourth-order valence-electron chi connectivity index (χ4n) is 4.18. The number of nitrogens with zero attached hydrogens (tertiary/aromatic N) is 3. The quantitative estimate of drug-likeness (QED) is 0.772. The lowest BCUT2D eigenvalue weighted by Crippen LogP contribution is -2.49. The van der Waals surface area contributed by atoms with Crippen LogP contribution in [0.3, 0.4) is 0 Å². The fraction of sp³-hybridized carbons (Fsp3) is 0.435. The summed E-state index contributed by atoms with van der Waals surface area (Å²) in [5.41, 5.74) is 1.61. The first-order valence-corrected chi connectivity index (χ1v) is 12.4. The maximum absolute atomic E-state index is 13.1. The molecule has 0 atom stereocenters. The highest BCUT2D eigenvalue weighted by molar-refractivity contribution is 7.89. The largest absolute Gasteiger partial charge is 0.322 e. The third kappa shape index (κ3) is 5.26. The summed E-state index contributed by atoms with van der Waals surface area (Å²) < 4.78 is 27.8. The molecule has 2 aromatic carbocycles. The molecule has 0 aromatic heterocycles. The molecule has 2 aromatic rings. The molecule has 166 valence electrons. The lowest BCUT2D eigenvalue weighted by atomic mass is 10.2. The molecule has 0 unspecified atom stereocenters. The van der Waals surface area contributed by atoms with E-state index in [1.165, 1.54) is 9.87 Å². The number of anilines is 1. The van der Waals surface area contributed by atoms with Crippen molar-refractivity contribution < 1.29 is 13.2 Å². The van der Waals surface area contributed by atoms with Crippen LogP contribution in [0.4, 0.5) is 10.5 Å². The topological polar surface area (TPSA) is 73.0 Å². The lowest BCUT2D eigenvalue weighted by Gasteiger charge is -2.35. The first kappa shape index (κ1) is 21.8. The maximum atomic E-state index is 13.1. The second-order valence-corrected chi connectivity index (χ2v) is 10.0. The molecular formula is C23H30N4O3S. The Morgan fingerprint density at radius 2 is 1.45 bits per heavy atom. The predicted octanol–water partition coefficient (Wildman–Crippen LogP) is 3.21. The van der Waals surface area contributed by atoms with Gasteiger partial charge >= 0.3 is 6.03 Å². The normalized spacial score (nSPS) is 18.6. The molecule has 8 heteroatoms. The van der Waals surface area contributed by atoms with Crippen molar-refractivity contribution in [2.45, 2.75) is 30.7 Å². The fourth-order valence-corrected chi connectivity index (χ4v) is 5.85. The molecule has 0 bridgehead atoms. The number of para-hydroxylation sites is 1. The highest BCUT2D eigenvalue weighted by atomic mass is 32.2. The molecular weight excluding hydrogens is 412 g/mol. The van der Waals surface area contributed by atoms with E-state index in [2.05, 4.69) is 22.3 Å². The highest BCUT2D eigenvalue weighted by Crippen LogP contribution is 2.27. The standard InChI is InChI=1S/C23H30N4O3S/c28-23(26-17-15-25(16-18-26)19-20-9-3-1-4-10-20)24-21-11-5-6-12-22(21)31(29,30)27-13-7-2-8-14-27/h1,3-6,9-12H,2,7-8,13-19H2,(H,24,28). The first-order valence-electron chi connectivity index (χ1n) is 11.0. The Labute approximate surface area is 184 Å². The Kier molecular flexibility index (Phi) is 6.89. The minimum Gasteiger partial charge on any atom is -0.322 e. The van der Waals surface area contributed by atoms with Crippen LogP contribution in [0.15, 0.2) is 59.5 Å². The van der Waals surface area contributed by atoms with Crippen LogP contribution < -0.4 is 5.32 Å². The van der Waals surface area contributed by atoms with E-state index in [-0.39, 0.29) is 10.9 Å². The molecule has 0 radical (unpaired) electrons. The van der Waals surface area contributed by atoms with Crippen molar-refractivity contribution >= 4 is 21.7 Å². The number of amides is 2. The average Bonchev–Trinajstić information content (AvgIpc) is 2.81. The second kappa shape index (κ2) is 9.80. The number of carbonyl (C=O) groups is 1. The summed E-state index contributed by atoms with van der Waals surface area (Å²) in [6.45, 7) is 4.74. The second-order valence-electron chi connectivity index (χ2n) is 8.14. The zero-order valence-electron chi connectivity index (χ0n) is 17.7. The van der Waals surface area contributed by atoms with Crippen molar-refractivity contribution in [3.63, 3.8) is 0 Å². The van der Waals surface area contributed by atoms with E-state index < -0.39 is 10.0 Å². The van der Waals surface area contributed by atoms with Gasteiger partial charge in [0.15, 0.2) is 0 Å². The molecule has 0 aliphatic carbocycles. The molecule has 0 saturated carbocycles. The number of piperazine rings is 1. The Hall–Kier alpha value is -2.42. The zero-order valence-corrected chi connectivity index (χ0v) is 18.6. The number of nitrogens with one attached hydrogen (secondary N) is 1. The lowest BCUT2D eigenvalue weighted by molar-refractivity contribution is 0.143. The van der Waals surface area contributed by atoms with Gasteiger partial charge < -0.3 is 10.2 Å². The van der Waals surface area contributed by atoms with Gasteiger partial charge in [0.1, 0.15) is 4.90 Å². The maximum Gasteiger partial charge on any atom is 0.321 e. The summed E-state index contributed by atoms with van der Waals surface area (Å²) in [6.07, 6.45) is 2.81. The number of piperidine rings is 1. The molecule has 2 aliphatic rings. The van der Waals surface area contributed by atoms with Gasteiger partial charge in [-0.15, -0.1) is 0 Å². The highest BCUT2D eigenvalue weighted by Gasteiger charge is 2.29. The average molecular weight is 443 g/mol. The van der Waals surface area contributed by atoms with Crippen molar-refractivity contribution in [1.82, 2.24) is 14.1 Å². The molecule has 2 saturated heterocycles. The molecule has 0 spiro atoms. The van der Waals surface area contributed by atoms with E-state index in [4.69, 9.17) is 0 Å². The summed E-state index contributed by atoms with van der Waals surface area (Å²) in [5.74, 6) is 0. The molecule has 4 rings (SSSR count). The summed E-state index contributed by atoms with van der Waals surface area (Å²) >= 11 is 0. The van der Waals surface area contributed by atoms with Crippen molar-refractivity contribution in [1.29, 1.82) is 0 Å².